The summed E-state index contributed by atoms with van der Waals surface area (Å²) < 4.78 is 4.49. The summed E-state index contributed by atoms with van der Waals surface area (Å²) in [5, 5.41) is 11.1. The normalized spacial score (nSPS) is 10.7. The number of hydrogen-bond donors (Lipinski definition) is 0. The molecule has 0 aliphatic rings. The Labute approximate surface area is 131 Å². The van der Waals surface area contributed by atoms with Crippen molar-refractivity contribution in [3.05, 3.63) is 11.8 Å². The number of ketones is 1. The minimum Gasteiger partial charge on any atom is -0.868 e. The van der Waals surface area contributed by atoms with E-state index in [1.54, 1.807) is 6.92 Å². The van der Waals surface area contributed by atoms with Crippen molar-refractivity contribution >= 4 is 11.8 Å². The molecule has 0 aliphatic heterocycles. The van der Waals surface area contributed by atoms with Crippen LogP contribution >= 0.6 is 0 Å². The molecule has 0 N–H and O–H groups in total. The third-order valence-electron chi connectivity index (χ3n) is 2.30. The topological polar surface area (TPSA) is 66.4 Å². The quantitative estimate of drug-likeness (QED) is 0.171. The number of rotatable bonds is 9. The number of esters is 1. The number of carbonyl (C=O) groups excluding carboxylic acids is 2. The predicted molar refractivity (Wildman–Crippen MR) is 63.1 cm³/mol. The minimum absolute atomic E-state index is 0. The van der Waals surface area contributed by atoms with E-state index < -0.39 is 11.7 Å². The molecule has 0 atom stereocenters. The Kier molecular flexibility index (Phi) is 14.6. The molecular weight excluding hydrogens is 243 g/mol. The Bertz CT molecular complexity index is 274. The first-order valence-electron chi connectivity index (χ1n) is 6.20. The van der Waals surface area contributed by atoms with Gasteiger partial charge in [0.25, 0.3) is 0 Å². The molecule has 4 nitrogen and oxygen atoms in total. The van der Waals surface area contributed by atoms with Crippen LogP contribution in [0.2, 0.25) is 0 Å². The molecule has 0 saturated heterocycles. The van der Waals surface area contributed by atoms with Crippen LogP contribution in [0.5, 0.6) is 0 Å². The van der Waals surface area contributed by atoms with Gasteiger partial charge >= 0.3 is 35.5 Å². The molecule has 0 aliphatic carbocycles. The largest absolute Gasteiger partial charge is 1.00 e. The maximum Gasteiger partial charge on any atom is 1.00 e. The summed E-state index contributed by atoms with van der Waals surface area (Å²) in [5.74, 6) is -2.10. The molecule has 0 aromatic rings. The van der Waals surface area contributed by atoms with Crippen LogP contribution in [0.4, 0.5) is 0 Å². The van der Waals surface area contributed by atoms with Crippen LogP contribution in [-0.4, -0.2) is 18.4 Å². The Balaban J connectivity index is 0. The Morgan fingerprint density at radius 2 is 1.72 bits per heavy atom. The fraction of sp³-hybridized carbons (Fsp3) is 0.692. The van der Waals surface area contributed by atoms with Crippen LogP contribution in [0.1, 0.15) is 52.4 Å². The summed E-state index contributed by atoms with van der Waals surface area (Å²) in [6.07, 6.45) is 6.36. The molecule has 0 fully saturated rings. The van der Waals surface area contributed by atoms with Crippen LogP contribution < -0.4 is 34.7 Å². The van der Waals surface area contributed by atoms with E-state index >= 15 is 0 Å². The first kappa shape index (κ1) is 20.0. The predicted octanol–water partition coefficient (Wildman–Crippen LogP) is -1.27. The van der Waals surface area contributed by atoms with Gasteiger partial charge in [-0.15, -0.1) is 0 Å². The van der Waals surface area contributed by atoms with Gasteiger partial charge in [0.2, 0.25) is 0 Å². The number of allylic oxidation sites excluding steroid dienone is 1. The summed E-state index contributed by atoms with van der Waals surface area (Å²) in [6.45, 7) is 3.88. The number of ether oxygens (including phenoxy) is 1. The molecule has 0 spiro atoms. The zero-order valence-corrected chi connectivity index (χ0v) is 13.7. The first-order valence-corrected chi connectivity index (χ1v) is 6.20. The van der Waals surface area contributed by atoms with Crippen LogP contribution in [0.3, 0.4) is 0 Å². The second-order valence-corrected chi connectivity index (χ2v) is 3.86. The van der Waals surface area contributed by atoms with Crippen LogP contribution in [0.15, 0.2) is 11.8 Å². The minimum atomic E-state index is -0.952. The SMILES string of the molecule is CCCCCCCC(=O)/C=C(/[O-])C(=O)OCC.[Na+]. The first-order chi connectivity index (χ1) is 8.11. The van der Waals surface area contributed by atoms with Crippen molar-refractivity contribution in [2.75, 3.05) is 6.61 Å². The molecule has 18 heavy (non-hydrogen) atoms. The average Bonchev–Trinajstić information content (AvgIpc) is 2.29. The fourth-order valence-corrected chi connectivity index (χ4v) is 1.38. The van der Waals surface area contributed by atoms with E-state index in [1.807, 2.05) is 0 Å². The molecule has 0 rings (SSSR count). The van der Waals surface area contributed by atoms with Gasteiger partial charge in [0.05, 0.1) is 6.61 Å². The standard InChI is InChI=1S/C13H22O4.Na/c1-3-5-6-7-8-9-11(14)10-12(15)13(16)17-4-2;/h10,15H,3-9H2,1-2H3;/q;+1/p-1/b12-10+;. The molecule has 0 aromatic carbocycles. The van der Waals surface area contributed by atoms with E-state index in [-0.39, 0.29) is 41.9 Å². The van der Waals surface area contributed by atoms with Crippen LogP contribution in [0.25, 0.3) is 0 Å². The molecule has 0 aromatic heterocycles. The third-order valence-corrected chi connectivity index (χ3v) is 2.30. The summed E-state index contributed by atoms with van der Waals surface area (Å²) >= 11 is 0. The fourth-order valence-electron chi connectivity index (χ4n) is 1.38. The van der Waals surface area contributed by atoms with Crippen molar-refractivity contribution in [2.24, 2.45) is 0 Å². The van der Waals surface area contributed by atoms with E-state index in [0.29, 0.717) is 6.42 Å². The zero-order valence-electron chi connectivity index (χ0n) is 11.7. The van der Waals surface area contributed by atoms with Crippen LogP contribution in [0, 0.1) is 0 Å². The molecule has 0 heterocycles. The number of hydrogen-bond acceptors (Lipinski definition) is 4. The van der Waals surface area contributed by atoms with E-state index in [4.69, 9.17) is 0 Å². The maximum atomic E-state index is 11.3. The molecular formula is C13H21NaO4. The monoisotopic (exact) mass is 264 g/mol. The molecule has 0 saturated carbocycles. The summed E-state index contributed by atoms with van der Waals surface area (Å²) in [7, 11) is 0. The number of unbranched alkanes of at least 4 members (excludes halogenated alkanes) is 4. The van der Waals surface area contributed by atoms with Gasteiger partial charge in [-0.1, -0.05) is 32.6 Å². The molecule has 0 amide bonds. The molecule has 5 heteroatoms. The van der Waals surface area contributed by atoms with Gasteiger partial charge in [0.15, 0.2) is 5.78 Å². The van der Waals surface area contributed by atoms with Crippen LogP contribution in [-0.2, 0) is 14.3 Å². The van der Waals surface area contributed by atoms with Crippen molar-refractivity contribution in [1.29, 1.82) is 0 Å². The van der Waals surface area contributed by atoms with Gasteiger partial charge in [-0.3, -0.25) is 4.79 Å². The second-order valence-electron chi connectivity index (χ2n) is 3.86. The summed E-state index contributed by atoms with van der Waals surface area (Å²) in [6, 6.07) is 0. The maximum absolute atomic E-state index is 11.3. The van der Waals surface area contributed by atoms with Crippen molar-refractivity contribution in [2.45, 2.75) is 52.4 Å². The zero-order chi connectivity index (χ0) is 13.1. The van der Waals surface area contributed by atoms with Gasteiger partial charge < -0.3 is 9.84 Å². The van der Waals surface area contributed by atoms with Gasteiger partial charge in [-0.2, -0.15) is 0 Å². The molecule has 0 radical (unpaired) electrons. The van der Waals surface area contributed by atoms with Gasteiger partial charge in [0.1, 0.15) is 0 Å². The smallest absolute Gasteiger partial charge is 0.868 e. The van der Waals surface area contributed by atoms with Crippen molar-refractivity contribution in [3.8, 4) is 0 Å². The third kappa shape index (κ3) is 10.8. The van der Waals surface area contributed by atoms with E-state index in [9.17, 15) is 14.7 Å². The van der Waals surface area contributed by atoms with Gasteiger partial charge in [0, 0.05) is 6.42 Å². The van der Waals surface area contributed by atoms with Crippen molar-refractivity contribution < 1.29 is 49.0 Å². The van der Waals surface area contributed by atoms with Gasteiger partial charge in [-0.25, -0.2) is 4.79 Å². The summed E-state index contributed by atoms with van der Waals surface area (Å²) in [4.78, 5) is 22.2. The van der Waals surface area contributed by atoms with Crippen molar-refractivity contribution in [3.63, 3.8) is 0 Å². The van der Waals surface area contributed by atoms with Gasteiger partial charge in [-0.05, 0) is 25.2 Å². The second kappa shape index (κ2) is 13.1. The Morgan fingerprint density at radius 1 is 1.11 bits per heavy atom. The Hall–Kier alpha value is -0.320. The Morgan fingerprint density at radius 3 is 2.28 bits per heavy atom. The molecule has 98 valence electrons. The molecule has 0 unspecified atom stereocenters. The summed E-state index contributed by atoms with van der Waals surface area (Å²) in [5.41, 5.74) is 0. The van der Waals surface area contributed by atoms with E-state index in [1.165, 1.54) is 6.42 Å². The number of carbonyl (C=O) groups is 2. The average molecular weight is 264 g/mol. The van der Waals surface area contributed by atoms with E-state index in [2.05, 4.69) is 11.7 Å². The molecule has 0 bridgehead atoms. The van der Waals surface area contributed by atoms with Crippen molar-refractivity contribution in [1.82, 2.24) is 0 Å². The van der Waals surface area contributed by atoms with E-state index in [0.717, 1.165) is 31.8 Å².